The molecule has 0 amide bonds. The van der Waals surface area contributed by atoms with Gasteiger partial charge in [0.15, 0.2) is 0 Å². The van der Waals surface area contributed by atoms with Gasteiger partial charge in [0.05, 0.1) is 11.0 Å². The van der Waals surface area contributed by atoms with Gasteiger partial charge in [0.2, 0.25) is 0 Å². The van der Waals surface area contributed by atoms with Crippen LogP contribution in [0.15, 0.2) is 170 Å². The normalized spacial score (nSPS) is 14.0. The summed E-state index contributed by atoms with van der Waals surface area (Å²) in [6, 6.07) is 63.7. The second-order valence-corrected chi connectivity index (χ2v) is 16.7. The third-order valence-corrected chi connectivity index (χ3v) is 13.1. The Labute approximate surface area is 334 Å². The van der Waals surface area contributed by atoms with Crippen LogP contribution < -0.4 is 20.6 Å². The summed E-state index contributed by atoms with van der Waals surface area (Å²) in [5, 5.41) is 2.57. The summed E-state index contributed by atoms with van der Waals surface area (Å²) >= 11 is 0. The van der Waals surface area contributed by atoms with E-state index in [4.69, 9.17) is 0 Å². The summed E-state index contributed by atoms with van der Waals surface area (Å²) in [6.45, 7) is 9.23. The number of hydrogen-bond acceptors (Lipinski definition) is 2. The molecule has 0 bridgehead atoms. The van der Waals surface area contributed by atoms with Crippen molar-refractivity contribution in [3.05, 3.63) is 192 Å². The molecular formula is C53H40BN3. The molecular weight excluding hydrogens is 689 g/mol. The van der Waals surface area contributed by atoms with Gasteiger partial charge in [-0.05, 0) is 119 Å². The first-order chi connectivity index (χ1) is 27.9. The predicted octanol–water partition coefficient (Wildman–Crippen LogP) is 12.4. The molecule has 3 heterocycles. The molecule has 0 radical (unpaired) electrons. The first kappa shape index (κ1) is 32.5. The Kier molecular flexibility index (Phi) is 6.62. The lowest BCUT2D eigenvalue weighted by Gasteiger charge is -2.44. The molecule has 2 aliphatic heterocycles. The van der Waals surface area contributed by atoms with Gasteiger partial charge in [0, 0.05) is 55.9 Å². The van der Waals surface area contributed by atoms with Crippen molar-refractivity contribution in [2.45, 2.75) is 33.1 Å². The van der Waals surface area contributed by atoms with Crippen LogP contribution >= 0.6 is 0 Å². The topological polar surface area (TPSA) is 11.4 Å². The quantitative estimate of drug-likeness (QED) is 0.167. The average Bonchev–Trinajstić information content (AvgIpc) is 3.69. The Hall–Kier alpha value is -6.78. The average molecular weight is 730 g/mol. The number of aryl methyl sites for hydroxylation is 2. The largest absolute Gasteiger partial charge is 0.376 e. The Morgan fingerprint density at radius 1 is 0.491 bits per heavy atom. The van der Waals surface area contributed by atoms with Crippen LogP contribution in [0.4, 0.5) is 28.4 Å². The Bertz CT molecular complexity index is 3100. The second kappa shape index (κ2) is 11.6. The van der Waals surface area contributed by atoms with Crippen LogP contribution in [0, 0.1) is 13.8 Å². The highest BCUT2D eigenvalue weighted by Crippen LogP contribution is 2.55. The standard InChI is InChI=1S/C53H40BN3/c1-33-26-27-47(34(2)28-33)57-49-32-45-41(38-20-11-13-23-44(38)53(45,3)4)31-42(49)43-29-37(55(35-16-7-5-8-17-35)36-18-9-6-10-19-36)30-50-51(43)54(57)46-24-15-22-40-39-21-12-14-25-48(39)56(50)52(40)46/h5-32H,1-4H3. The van der Waals surface area contributed by atoms with Gasteiger partial charge in [-0.2, -0.15) is 0 Å². The number of nitrogens with zero attached hydrogens (tertiary/aromatic N) is 3. The molecule has 1 aromatic heterocycles. The Balaban J connectivity index is 1.27. The number of aromatic nitrogens is 1. The molecule has 0 N–H and O–H groups in total. The fourth-order valence-corrected chi connectivity index (χ4v) is 10.6. The molecule has 0 atom stereocenters. The summed E-state index contributed by atoms with van der Waals surface area (Å²) in [5.41, 5.74) is 22.7. The van der Waals surface area contributed by atoms with E-state index >= 15 is 0 Å². The lowest BCUT2D eigenvalue weighted by Crippen LogP contribution is -2.60. The molecule has 0 saturated carbocycles. The van der Waals surface area contributed by atoms with E-state index in [1.54, 1.807) is 0 Å². The van der Waals surface area contributed by atoms with Crippen LogP contribution in [0.2, 0.25) is 0 Å². The summed E-state index contributed by atoms with van der Waals surface area (Å²) in [6.07, 6.45) is 0. The number of anilines is 5. The van der Waals surface area contributed by atoms with Crippen molar-refractivity contribution in [2.75, 3.05) is 9.71 Å². The molecule has 57 heavy (non-hydrogen) atoms. The van der Waals surface area contributed by atoms with E-state index in [0.717, 1.165) is 17.1 Å². The second-order valence-electron chi connectivity index (χ2n) is 16.7. The van der Waals surface area contributed by atoms with Gasteiger partial charge < -0.3 is 14.3 Å². The van der Waals surface area contributed by atoms with Gasteiger partial charge >= 0.3 is 6.85 Å². The van der Waals surface area contributed by atoms with E-state index in [9.17, 15) is 0 Å². The molecule has 3 nitrogen and oxygen atoms in total. The lowest BCUT2D eigenvalue weighted by atomic mass is 9.43. The molecule has 0 spiro atoms. The highest BCUT2D eigenvalue weighted by molar-refractivity contribution is 6.93. The first-order valence-electron chi connectivity index (χ1n) is 20.1. The molecule has 8 aromatic carbocycles. The van der Waals surface area contributed by atoms with Crippen molar-refractivity contribution >= 4 is 68.0 Å². The maximum atomic E-state index is 2.69. The molecule has 0 unspecified atom stereocenters. The van der Waals surface area contributed by atoms with Crippen LogP contribution in [0.5, 0.6) is 0 Å². The van der Waals surface area contributed by atoms with Crippen molar-refractivity contribution < 1.29 is 0 Å². The number of rotatable bonds is 4. The minimum absolute atomic E-state index is 0.0506. The fraction of sp³-hybridized carbons (Fsp3) is 0.0943. The molecule has 4 heteroatoms. The van der Waals surface area contributed by atoms with E-state index in [2.05, 4.69) is 212 Å². The van der Waals surface area contributed by atoms with E-state index in [1.165, 1.54) is 94.3 Å². The predicted molar refractivity (Wildman–Crippen MR) is 242 cm³/mol. The zero-order valence-corrected chi connectivity index (χ0v) is 32.6. The molecule has 0 saturated heterocycles. The Morgan fingerprint density at radius 3 is 1.96 bits per heavy atom. The zero-order chi connectivity index (χ0) is 38.2. The minimum atomic E-state index is -0.140. The molecule has 12 rings (SSSR count). The number of fused-ring (bicyclic) bond motifs is 10. The van der Waals surface area contributed by atoms with Crippen LogP contribution in [0.3, 0.4) is 0 Å². The summed E-state index contributed by atoms with van der Waals surface area (Å²) in [4.78, 5) is 5.12. The number of hydrogen-bond donors (Lipinski definition) is 0. The van der Waals surface area contributed by atoms with E-state index in [0.29, 0.717) is 0 Å². The molecule has 3 aliphatic rings. The summed E-state index contributed by atoms with van der Waals surface area (Å²) < 4.78 is 2.57. The van der Waals surface area contributed by atoms with Crippen LogP contribution in [0.1, 0.15) is 36.1 Å². The lowest BCUT2D eigenvalue weighted by molar-refractivity contribution is 0.660. The zero-order valence-electron chi connectivity index (χ0n) is 32.6. The SMILES string of the molecule is Cc1ccc(N2B3c4c(cc(N(c5ccccc5)c5ccccc5)cc4-n4c5ccccc5c5cccc3c54)-c3cc4c(cc32)C(C)(C)c2ccccc2-4)c(C)c1. The summed E-state index contributed by atoms with van der Waals surface area (Å²) in [7, 11) is 0. The third kappa shape index (κ3) is 4.39. The fourth-order valence-electron chi connectivity index (χ4n) is 10.6. The molecule has 9 aromatic rings. The van der Waals surface area contributed by atoms with Gasteiger partial charge in [-0.3, -0.25) is 0 Å². The van der Waals surface area contributed by atoms with Crippen molar-refractivity contribution in [3.8, 4) is 27.9 Å². The highest BCUT2D eigenvalue weighted by Gasteiger charge is 2.46. The summed E-state index contributed by atoms with van der Waals surface area (Å²) in [5.74, 6) is 0. The van der Waals surface area contributed by atoms with Crippen LogP contribution in [-0.2, 0) is 5.41 Å². The third-order valence-electron chi connectivity index (χ3n) is 13.1. The van der Waals surface area contributed by atoms with Gasteiger partial charge in [-0.25, -0.2) is 0 Å². The van der Waals surface area contributed by atoms with E-state index < -0.39 is 0 Å². The van der Waals surface area contributed by atoms with Crippen LogP contribution in [0.25, 0.3) is 49.7 Å². The smallest absolute Gasteiger partial charge is 0.333 e. The molecule has 270 valence electrons. The van der Waals surface area contributed by atoms with Gasteiger partial charge in [-0.1, -0.05) is 129 Å². The monoisotopic (exact) mass is 729 g/mol. The molecule has 1 aliphatic carbocycles. The number of para-hydroxylation sites is 4. The van der Waals surface area contributed by atoms with Gasteiger partial charge in [0.1, 0.15) is 0 Å². The van der Waals surface area contributed by atoms with Crippen molar-refractivity contribution in [2.24, 2.45) is 0 Å². The van der Waals surface area contributed by atoms with Crippen molar-refractivity contribution in [1.82, 2.24) is 4.57 Å². The maximum absolute atomic E-state index is 2.69. The van der Waals surface area contributed by atoms with Crippen molar-refractivity contribution in [3.63, 3.8) is 0 Å². The van der Waals surface area contributed by atoms with Crippen molar-refractivity contribution in [1.29, 1.82) is 0 Å². The van der Waals surface area contributed by atoms with Gasteiger partial charge in [0.25, 0.3) is 0 Å². The van der Waals surface area contributed by atoms with Crippen LogP contribution in [-0.4, -0.2) is 11.4 Å². The van der Waals surface area contributed by atoms with Gasteiger partial charge in [-0.15, -0.1) is 0 Å². The minimum Gasteiger partial charge on any atom is -0.376 e. The highest BCUT2D eigenvalue weighted by atomic mass is 15.2. The first-order valence-corrected chi connectivity index (χ1v) is 20.1. The van der Waals surface area contributed by atoms with E-state index in [-0.39, 0.29) is 12.3 Å². The molecule has 0 fully saturated rings. The van der Waals surface area contributed by atoms with E-state index in [1.807, 2.05) is 0 Å². The maximum Gasteiger partial charge on any atom is 0.333 e. The Morgan fingerprint density at radius 2 is 1.19 bits per heavy atom. The number of benzene rings is 8.